The van der Waals surface area contributed by atoms with Gasteiger partial charge in [0, 0.05) is 42.9 Å². The van der Waals surface area contributed by atoms with Crippen LogP contribution in [0.3, 0.4) is 0 Å². The topological polar surface area (TPSA) is 158 Å². The standard InChI is InChI=1S/C52H55F2N7O7S2/c1-31-44(70-30-57-31)34-12-8-33(9-13-34)28-56-47(64)42-27-37(62)29-59(42)48(65)45(51(2,3)4)58-43(63)23-25-68-38-17-10-32(11-18-38)22-24-67-39-19-14-35(15-20-39)61-50(69)60(49(66)52(61,5)6)36-16-21-41(55-7)40(26-36)46(53)54/h8-21,26,30,37,42,45-46,62H,22-25,27-29H2,1-6H3,(H,56,64)(H,58,63)/t37-,42+,45-/m1/s1. The van der Waals surface area contributed by atoms with Crippen molar-refractivity contribution in [1.82, 2.24) is 20.5 Å². The molecule has 3 N–H and O–H groups in total. The lowest BCUT2D eigenvalue weighted by atomic mass is 9.85. The Morgan fingerprint density at radius 1 is 0.957 bits per heavy atom. The van der Waals surface area contributed by atoms with Crippen molar-refractivity contribution in [2.24, 2.45) is 5.41 Å². The lowest BCUT2D eigenvalue weighted by molar-refractivity contribution is -0.144. The number of benzene rings is 4. The Bertz CT molecular complexity index is 2770. The van der Waals surface area contributed by atoms with Crippen LogP contribution in [0.4, 0.5) is 25.8 Å². The van der Waals surface area contributed by atoms with Gasteiger partial charge in [-0.25, -0.2) is 18.6 Å². The molecular weight excluding hydrogens is 937 g/mol. The van der Waals surface area contributed by atoms with E-state index in [1.165, 1.54) is 21.9 Å². The van der Waals surface area contributed by atoms with E-state index in [2.05, 4.69) is 20.5 Å². The molecule has 3 heterocycles. The molecule has 4 amide bonds. The van der Waals surface area contributed by atoms with Crippen LogP contribution in [-0.4, -0.2) is 87.2 Å². The predicted octanol–water partition coefficient (Wildman–Crippen LogP) is 8.72. The molecular formula is C52H55F2N7O7S2. The number of hydrogen-bond acceptors (Lipinski definition) is 10. The molecule has 2 aliphatic rings. The van der Waals surface area contributed by atoms with Gasteiger partial charge in [-0.3, -0.25) is 24.1 Å². The number of carbonyl (C=O) groups excluding carboxylic acids is 4. The van der Waals surface area contributed by atoms with E-state index in [0.29, 0.717) is 30.2 Å². The summed E-state index contributed by atoms with van der Waals surface area (Å²) >= 11 is 7.27. The second kappa shape index (κ2) is 21.5. The summed E-state index contributed by atoms with van der Waals surface area (Å²) in [4.78, 5) is 67.2. The molecule has 2 aliphatic heterocycles. The van der Waals surface area contributed by atoms with Gasteiger partial charge in [-0.05, 0) is 104 Å². The Balaban J connectivity index is 0.860. The van der Waals surface area contributed by atoms with Crippen molar-refractivity contribution in [3.63, 3.8) is 0 Å². The summed E-state index contributed by atoms with van der Waals surface area (Å²) in [5, 5.41) is 16.5. The number of halogens is 2. The van der Waals surface area contributed by atoms with E-state index in [-0.39, 0.29) is 54.9 Å². The number of nitrogens with zero attached hydrogens (tertiary/aromatic N) is 5. The number of ether oxygens (including phenoxy) is 2. The van der Waals surface area contributed by atoms with Gasteiger partial charge in [-0.2, -0.15) is 0 Å². The average Bonchev–Trinajstić information content (AvgIpc) is 3.99. The SMILES string of the molecule is [C-]#[N+]c1ccc(N2C(=O)C(C)(C)N(c3ccc(OCCc4ccc(OCCC(=O)N[C@H](C(=O)N5C[C@H](O)C[C@H]5C(=O)NCc5ccc(-c6scnc6C)cc5)C(C)(C)C)cc4)cc3)C2=S)cc1C(F)F. The van der Waals surface area contributed by atoms with Gasteiger partial charge in [0.15, 0.2) is 10.8 Å². The molecule has 7 rings (SSSR count). The number of thiazole rings is 1. The number of aliphatic hydroxyl groups excluding tert-OH is 1. The lowest BCUT2D eigenvalue weighted by Crippen LogP contribution is -2.57. The summed E-state index contributed by atoms with van der Waals surface area (Å²) < 4.78 is 39.3. The third-order valence-corrected chi connectivity index (χ3v) is 13.6. The second-order valence-corrected chi connectivity index (χ2v) is 20.0. The van der Waals surface area contributed by atoms with Gasteiger partial charge in [-0.15, -0.1) is 11.3 Å². The van der Waals surface area contributed by atoms with Crippen LogP contribution in [-0.2, 0) is 32.1 Å². The molecule has 70 heavy (non-hydrogen) atoms. The summed E-state index contributed by atoms with van der Waals surface area (Å²) in [6.45, 7) is 18.7. The van der Waals surface area contributed by atoms with Crippen LogP contribution >= 0.6 is 23.6 Å². The number of aliphatic hydroxyl groups is 1. The molecule has 2 fully saturated rings. The molecule has 0 spiro atoms. The first kappa shape index (κ1) is 51.1. The predicted molar refractivity (Wildman–Crippen MR) is 268 cm³/mol. The maximum Gasteiger partial charge on any atom is 0.259 e. The van der Waals surface area contributed by atoms with E-state index in [0.717, 1.165) is 33.3 Å². The molecule has 3 atom stereocenters. The molecule has 0 aliphatic carbocycles. The number of thiocarbonyl (C=S) groups is 1. The van der Waals surface area contributed by atoms with E-state index in [9.17, 15) is 33.1 Å². The molecule has 366 valence electrons. The molecule has 14 nitrogen and oxygen atoms in total. The zero-order chi connectivity index (χ0) is 50.5. The summed E-state index contributed by atoms with van der Waals surface area (Å²) in [5.41, 5.74) is 3.92. The van der Waals surface area contributed by atoms with Crippen LogP contribution < -0.4 is 29.9 Å². The summed E-state index contributed by atoms with van der Waals surface area (Å²) in [7, 11) is 0. The van der Waals surface area contributed by atoms with Gasteiger partial charge >= 0.3 is 0 Å². The number of aromatic nitrogens is 1. The van der Waals surface area contributed by atoms with Crippen LogP contribution in [0, 0.1) is 18.9 Å². The van der Waals surface area contributed by atoms with Gasteiger partial charge in [0.2, 0.25) is 17.7 Å². The minimum absolute atomic E-state index is 0.0288. The first-order valence-corrected chi connectivity index (χ1v) is 24.0. The summed E-state index contributed by atoms with van der Waals surface area (Å²) in [5.74, 6) is -0.490. The minimum atomic E-state index is -2.90. The van der Waals surface area contributed by atoms with E-state index < -0.39 is 58.9 Å². The number of β-amino-alcohol motifs (C(OH)–C–C–N with tert-alkyl or cyclic N) is 1. The number of amides is 4. The zero-order valence-corrected chi connectivity index (χ0v) is 41.3. The van der Waals surface area contributed by atoms with Crippen LogP contribution in [0.5, 0.6) is 11.5 Å². The van der Waals surface area contributed by atoms with Crippen LogP contribution in [0.15, 0.2) is 96.5 Å². The monoisotopic (exact) mass is 991 g/mol. The van der Waals surface area contributed by atoms with Crippen molar-refractivity contribution >= 4 is 69.4 Å². The number of carbonyl (C=O) groups is 4. The number of anilines is 2. The maximum atomic E-state index is 14.1. The first-order valence-electron chi connectivity index (χ1n) is 22.7. The number of nitrogens with one attached hydrogen (secondary N) is 2. The summed E-state index contributed by atoms with van der Waals surface area (Å²) in [6, 6.07) is 24.2. The fourth-order valence-electron chi connectivity index (χ4n) is 8.42. The van der Waals surface area contributed by atoms with Gasteiger partial charge in [-0.1, -0.05) is 63.2 Å². The molecule has 0 unspecified atom stereocenters. The number of aryl methyl sites for hydroxylation is 1. The van der Waals surface area contributed by atoms with Gasteiger partial charge < -0.3 is 35.0 Å². The highest BCUT2D eigenvalue weighted by Gasteiger charge is 2.50. The van der Waals surface area contributed by atoms with Gasteiger partial charge in [0.1, 0.15) is 29.1 Å². The molecule has 5 aromatic rings. The molecule has 0 bridgehead atoms. The average molecular weight is 992 g/mol. The largest absolute Gasteiger partial charge is 0.493 e. The molecule has 1 aromatic heterocycles. The quantitative estimate of drug-likeness (QED) is 0.0608. The minimum Gasteiger partial charge on any atom is -0.493 e. The Kier molecular flexibility index (Phi) is 15.6. The van der Waals surface area contributed by atoms with Crippen molar-refractivity contribution in [1.29, 1.82) is 0 Å². The highest BCUT2D eigenvalue weighted by Crippen LogP contribution is 2.40. The van der Waals surface area contributed by atoms with E-state index in [1.807, 2.05) is 64.1 Å². The van der Waals surface area contributed by atoms with Crippen molar-refractivity contribution in [3.05, 3.63) is 130 Å². The van der Waals surface area contributed by atoms with Crippen molar-refractivity contribution < 1.29 is 42.5 Å². The van der Waals surface area contributed by atoms with Gasteiger partial charge in [0.05, 0.1) is 48.4 Å². The Morgan fingerprint density at radius 3 is 2.20 bits per heavy atom. The third kappa shape index (κ3) is 11.4. The molecule has 0 radical (unpaired) electrons. The molecule has 18 heteroatoms. The highest BCUT2D eigenvalue weighted by molar-refractivity contribution is 7.81. The number of alkyl halides is 2. The first-order chi connectivity index (χ1) is 33.3. The fourth-order valence-corrected chi connectivity index (χ4v) is 9.75. The normalized spacial score (nSPS) is 17.1. The highest BCUT2D eigenvalue weighted by atomic mass is 32.1. The van der Waals surface area contributed by atoms with E-state index >= 15 is 0 Å². The Morgan fingerprint density at radius 2 is 1.59 bits per heavy atom. The Hall–Kier alpha value is -6.81. The van der Waals surface area contributed by atoms with E-state index in [1.54, 1.807) is 72.0 Å². The van der Waals surface area contributed by atoms with Crippen LogP contribution in [0.2, 0.25) is 0 Å². The number of rotatable bonds is 17. The number of likely N-dealkylation sites (tertiary alicyclic amines) is 1. The zero-order valence-electron chi connectivity index (χ0n) is 39.7. The second-order valence-electron chi connectivity index (χ2n) is 18.8. The number of hydrogen-bond donors (Lipinski definition) is 3. The van der Waals surface area contributed by atoms with Crippen molar-refractivity contribution in [2.45, 2.75) is 97.5 Å². The summed E-state index contributed by atoms with van der Waals surface area (Å²) in [6.07, 6.45) is -3.16. The van der Waals surface area contributed by atoms with Crippen molar-refractivity contribution in [2.75, 3.05) is 29.6 Å². The van der Waals surface area contributed by atoms with Crippen LogP contribution in [0.25, 0.3) is 15.3 Å². The Labute approximate surface area is 415 Å². The maximum absolute atomic E-state index is 14.1. The smallest absolute Gasteiger partial charge is 0.259 e. The van der Waals surface area contributed by atoms with Gasteiger partial charge in [0.25, 0.3) is 12.3 Å². The van der Waals surface area contributed by atoms with Crippen LogP contribution in [0.1, 0.15) is 76.3 Å². The fraction of sp³-hybridized carbons (Fsp3) is 0.365. The molecule has 4 aromatic carbocycles. The van der Waals surface area contributed by atoms with E-state index in [4.69, 9.17) is 28.3 Å². The van der Waals surface area contributed by atoms with Crippen molar-refractivity contribution in [3.8, 4) is 21.9 Å². The lowest BCUT2D eigenvalue weighted by Gasteiger charge is -2.35. The third-order valence-electron chi connectivity index (χ3n) is 12.3. The molecule has 2 saturated heterocycles. The molecule has 0 saturated carbocycles.